The predicted molar refractivity (Wildman–Crippen MR) is 116 cm³/mol. The number of alkyl halides is 3. The molecule has 2 aliphatic rings. The van der Waals surface area contributed by atoms with Crippen LogP contribution in [0, 0.1) is 12.7 Å². The first-order chi connectivity index (χ1) is 16.6. The van der Waals surface area contributed by atoms with E-state index in [4.69, 9.17) is 10.5 Å². The average molecular weight is 486 g/mol. The maximum Gasteiger partial charge on any atom is 0.419 e. The maximum absolute atomic E-state index is 14.7. The number of pyridine rings is 1. The van der Waals surface area contributed by atoms with Crippen LogP contribution >= 0.6 is 0 Å². The number of amides is 1. The molecule has 2 N–H and O–H groups in total. The SMILES string of the molecule is Cc1ncn2c1c(N)nc1cnc(C(=O)N3CCC[C@@H]4Oc5c(ccc(C(F)(F)F)c5F)[C@@H]43)cc12. The Kier molecular flexibility index (Phi) is 4.48. The number of aromatic nitrogens is 4. The molecule has 6 rings (SSSR count). The molecule has 4 aromatic rings. The Morgan fingerprint density at radius 1 is 1.26 bits per heavy atom. The van der Waals surface area contributed by atoms with Crippen molar-refractivity contribution in [1.29, 1.82) is 0 Å². The molecule has 0 unspecified atom stereocenters. The largest absolute Gasteiger partial charge is 0.484 e. The van der Waals surface area contributed by atoms with Crippen molar-refractivity contribution in [2.24, 2.45) is 0 Å². The van der Waals surface area contributed by atoms with Crippen molar-refractivity contribution in [3.05, 3.63) is 59.1 Å². The van der Waals surface area contributed by atoms with Crippen molar-refractivity contribution < 1.29 is 27.1 Å². The number of anilines is 1. The third-order valence-electron chi connectivity index (χ3n) is 6.63. The van der Waals surface area contributed by atoms with Gasteiger partial charge in [0.2, 0.25) is 0 Å². The van der Waals surface area contributed by atoms with Crippen LogP contribution in [0.3, 0.4) is 0 Å². The number of benzene rings is 1. The number of nitrogens with zero attached hydrogens (tertiary/aromatic N) is 5. The number of likely N-dealkylation sites (tertiary alicyclic amines) is 1. The van der Waals surface area contributed by atoms with Gasteiger partial charge in [0.15, 0.2) is 17.4 Å². The molecule has 2 atom stereocenters. The molecule has 180 valence electrons. The fourth-order valence-corrected chi connectivity index (χ4v) is 5.07. The van der Waals surface area contributed by atoms with Crippen molar-refractivity contribution in [2.75, 3.05) is 12.3 Å². The number of nitrogens with two attached hydrogens (primary N) is 1. The van der Waals surface area contributed by atoms with Gasteiger partial charge in [0.05, 0.1) is 29.0 Å². The average Bonchev–Trinajstić information content (AvgIpc) is 3.40. The molecule has 0 bridgehead atoms. The zero-order valence-corrected chi connectivity index (χ0v) is 18.3. The molecule has 0 saturated carbocycles. The van der Waals surface area contributed by atoms with Gasteiger partial charge in [-0.3, -0.25) is 9.20 Å². The highest BCUT2D eigenvalue weighted by atomic mass is 19.4. The first-order valence-corrected chi connectivity index (χ1v) is 10.9. The molecule has 35 heavy (non-hydrogen) atoms. The third kappa shape index (κ3) is 3.12. The minimum atomic E-state index is -4.85. The number of nitrogen functional groups attached to an aromatic ring is 1. The summed E-state index contributed by atoms with van der Waals surface area (Å²) in [4.78, 5) is 27.9. The summed E-state index contributed by atoms with van der Waals surface area (Å²) in [6, 6.07) is 2.74. The van der Waals surface area contributed by atoms with Gasteiger partial charge < -0.3 is 15.4 Å². The summed E-state index contributed by atoms with van der Waals surface area (Å²) in [5.74, 6) is -2.06. The van der Waals surface area contributed by atoms with E-state index in [0.717, 1.165) is 0 Å². The Bertz CT molecular complexity index is 1530. The number of carbonyl (C=O) groups is 1. The van der Waals surface area contributed by atoms with Crippen LogP contribution in [0.25, 0.3) is 16.6 Å². The summed E-state index contributed by atoms with van der Waals surface area (Å²) >= 11 is 0. The lowest BCUT2D eigenvalue weighted by Crippen LogP contribution is -2.44. The van der Waals surface area contributed by atoms with Crippen LogP contribution in [0.4, 0.5) is 23.4 Å². The van der Waals surface area contributed by atoms with Gasteiger partial charge in [-0.1, -0.05) is 6.07 Å². The highest BCUT2D eigenvalue weighted by molar-refractivity contribution is 5.96. The third-order valence-corrected chi connectivity index (χ3v) is 6.63. The minimum absolute atomic E-state index is 0.109. The zero-order chi connectivity index (χ0) is 24.6. The molecule has 1 amide bonds. The van der Waals surface area contributed by atoms with Crippen molar-refractivity contribution in [2.45, 2.75) is 38.1 Å². The molecule has 2 aliphatic heterocycles. The van der Waals surface area contributed by atoms with Gasteiger partial charge in [0, 0.05) is 12.1 Å². The van der Waals surface area contributed by atoms with Gasteiger partial charge in [-0.15, -0.1) is 0 Å². The molecule has 0 radical (unpaired) electrons. The lowest BCUT2D eigenvalue weighted by atomic mass is 9.93. The molecule has 0 spiro atoms. The number of hydrogen-bond acceptors (Lipinski definition) is 6. The number of hydrogen-bond donors (Lipinski definition) is 1. The number of ether oxygens (including phenoxy) is 1. The monoisotopic (exact) mass is 486 g/mol. The normalized spacial score (nSPS) is 19.6. The number of fused-ring (bicyclic) bond motifs is 6. The van der Waals surface area contributed by atoms with Crippen LogP contribution in [-0.2, 0) is 6.18 Å². The first-order valence-electron chi connectivity index (χ1n) is 10.9. The Morgan fingerprint density at radius 3 is 2.83 bits per heavy atom. The van der Waals surface area contributed by atoms with Crippen molar-refractivity contribution in [3.63, 3.8) is 0 Å². The zero-order valence-electron chi connectivity index (χ0n) is 18.3. The van der Waals surface area contributed by atoms with Crippen LogP contribution < -0.4 is 10.5 Å². The van der Waals surface area contributed by atoms with Crippen molar-refractivity contribution in [3.8, 4) is 5.75 Å². The number of piperidine rings is 1. The molecule has 0 aliphatic carbocycles. The van der Waals surface area contributed by atoms with Crippen LogP contribution in [0.1, 0.15) is 46.2 Å². The minimum Gasteiger partial charge on any atom is -0.484 e. The summed E-state index contributed by atoms with van der Waals surface area (Å²) in [7, 11) is 0. The number of aryl methyl sites for hydroxylation is 1. The topological polar surface area (TPSA) is 98.6 Å². The Hall–Kier alpha value is -3.96. The van der Waals surface area contributed by atoms with E-state index in [2.05, 4.69) is 15.0 Å². The fourth-order valence-electron chi connectivity index (χ4n) is 5.07. The molecule has 1 fully saturated rings. The van der Waals surface area contributed by atoms with E-state index in [-0.39, 0.29) is 17.1 Å². The van der Waals surface area contributed by atoms with Crippen LogP contribution in [0.5, 0.6) is 5.75 Å². The number of imidazole rings is 1. The van der Waals surface area contributed by atoms with Crippen LogP contribution in [-0.4, -0.2) is 42.8 Å². The quantitative estimate of drug-likeness (QED) is 0.408. The molecule has 1 aromatic carbocycles. The lowest BCUT2D eigenvalue weighted by Gasteiger charge is -2.36. The standard InChI is InChI=1S/C23H18F4N6O2/c1-10-18-21(28)31-14-8-29-13(7-15(14)33(18)9-30-10)22(34)32-6-2-3-16-19(32)11-4-5-12(23(25,26)27)17(24)20(11)35-16/h4-5,7-9,16,19H,2-3,6H2,1H3,(H2,28,31)/t16-,19-/m0/s1. The second-order valence-electron chi connectivity index (χ2n) is 8.69. The number of rotatable bonds is 1. The van der Waals surface area contributed by atoms with E-state index in [1.165, 1.54) is 17.2 Å². The molecular weight excluding hydrogens is 468 g/mol. The maximum atomic E-state index is 14.7. The molecule has 12 heteroatoms. The summed E-state index contributed by atoms with van der Waals surface area (Å²) in [5, 5.41) is 0. The Balaban J connectivity index is 1.42. The highest BCUT2D eigenvalue weighted by Gasteiger charge is 2.47. The van der Waals surface area contributed by atoms with Gasteiger partial charge >= 0.3 is 6.18 Å². The highest BCUT2D eigenvalue weighted by Crippen LogP contribution is 2.48. The number of halogens is 4. The summed E-state index contributed by atoms with van der Waals surface area (Å²) < 4.78 is 61.6. The number of carbonyl (C=O) groups excluding carboxylic acids is 1. The fraction of sp³-hybridized carbons (Fsp3) is 0.304. The summed E-state index contributed by atoms with van der Waals surface area (Å²) in [6.45, 7) is 2.12. The van der Waals surface area contributed by atoms with E-state index in [1.54, 1.807) is 23.7 Å². The Morgan fingerprint density at radius 2 is 2.06 bits per heavy atom. The second kappa shape index (κ2) is 7.27. The van der Waals surface area contributed by atoms with Crippen LogP contribution in [0.15, 0.2) is 30.7 Å². The molecule has 5 heterocycles. The van der Waals surface area contributed by atoms with Crippen LogP contribution in [0.2, 0.25) is 0 Å². The molecular formula is C23H18F4N6O2. The predicted octanol–water partition coefficient (Wildman–Crippen LogP) is 4.06. The van der Waals surface area contributed by atoms with E-state index in [0.29, 0.717) is 47.7 Å². The van der Waals surface area contributed by atoms with Gasteiger partial charge in [-0.2, -0.15) is 13.2 Å². The summed E-state index contributed by atoms with van der Waals surface area (Å²) in [6.07, 6.45) is -1.46. The summed E-state index contributed by atoms with van der Waals surface area (Å²) in [5.41, 5.74) is 7.33. The van der Waals surface area contributed by atoms with Crippen molar-refractivity contribution >= 4 is 28.3 Å². The van der Waals surface area contributed by atoms with E-state index in [1.807, 2.05) is 0 Å². The van der Waals surface area contributed by atoms with Crippen molar-refractivity contribution in [1.82, 2.24) is 24.3 Å². The van der Waals surface area contributed by atoms with Gasteiger partial charge in [-0.25, -0.2) is 19.3 Å². The molecule has 8 nitrogen and oxygen atoms in total. The second-order valence-corrected chi connectivity index (χ2v) is 8.69. The molecule has 1 saturated heterocycles. The lowest BCUT2D eigenvalue weighted by molar-refractivity contribution is -0.140. The Labute approximate surface area is 195 Å². The van der Waals surface area contributed by atoms with Gasteiger partial charge in [0.1, 0.15) is 29.2 Å². The smallest absolute Gasteiger partial charge is 0.419 e. The van der Waals surface area contributed by atoms with E-state index in [9.17, 15) is 22.4 Å². The van der Waals surface area contributed by atoms with E-state index >= 15 is 0 Å². The molecule has 3 aromatic heterocycles. The van der Waals surface area contributed by atoms with Gasteiger partial charge in [0.25, 0.3) is 5.91 Å². The first kappa shape index (κ1) is 21.6. The van der Waals surface area contributed by atoms with Gasteiger partial charge in [-0.05, 0) is 31.9 Å². The van der Waals surface area contributed by atoms with E-state index < -0.39 is 41.4 Å².